The lowest BCUT2D eigenvalue weighted by Gasteiger charge is -2.30. The molecule has 2 nitrogen and oxygen atoms in total. The molecule has 0 atom stereocenters. The summed E-state index contributed by atoms with van der Waals surface area (Å²) in [4.78, 5) is 15.3. The molecule has 36 heavy (non-hydrogen) atoms. The number of carbonyl (C=O) groups is 1. The van der Waals surface area contributed by atoms with Crippen molar-refractivity contribution in [1.29, 1.82) is 0 Å². The van der Waals surface area contributed by atoms with Crippen LogP contribution in [0.5, 0.6) is 0 Å². The molecule has 3 aromatic carbocycles. The number of benzene rings is 3. The zero-order valence-corrected chi connectivity index (χ0v) is 21.9. The van der Waals surface area contributed by atoms with Crippen LogP contribution in [0.2, 0.25) is 0 Å². The first kappa shape index (κ1) is 24.5. The van der Waals surface area contributed by atoms with Gasteiger partial charge in [0.05, 0.1) is 0 Å². The smallest absolute Gasteiger partial charge is 0.162 e. The molecule has 1 aliphatic heterocycles. The number of fused-ring (bicyclic) bond motifs is 2. The third-order valence-corrected chi connectivity index (χ3v) is 7.67. The lowest BCUT2D eigenvalue weighted by molar-refractivity contribution is 0.0974. The number of Topliss-reactive ketones (excluding diaryl/α,β-unsaturated/α-hetero) is 1. The fraction of sp³-hybridized carbons (Fsp3) is 0.324. The topological polar surface area (TPSA) is 20.3 Å². The number of hydrogen-bond donors (Lipinski definition) is 0. The first-order chi connectivity index (χ1) is 17.4. The summed E-state index contributed by atoms with van der Waals surface area (Å²) in [5.41, 5.74) is 10.5. The summed E-state index contributed by atoms with van der Waals surface area (Å²) in [6.07, 6.45) is 8.21. The Morgan fingerprint density at radius 1 is 0.778 bits per heavy atom. The van der Waals surface area contributed by atoms with Gasteiger partial charge in [-0.15, -0.1) is 0 Å². The second kappa shape index (κ2) is 10.4. The van der Waals surface area contributed by atoms with E-state index in [1.807, 2.05) is 12.1 Å². The molecular weight excluding hydrogens is 438 g/mol. The summed E-state index contributed by atoms with van der Waals surface area (Å²) in [5, 5.41) is 0. The van der Waals surface area contributed by atoms with Crippen LogP contribution in [-0.2, 0) is 5.41 Å². The maximum atomic E-state index is 12.7. The molecule has 1 fully saturated rings. The summed E-state index contributed by atoms with van der Waals surface area (Å²) < 4.78 is 0. The molecule has 184 valence electrons. The quantitative estimate of drug-likeness (QED) is 0.272. The van der Waals surface area contributed by atoms with Gasteiger partial charge >= 0.3 is 0 Å². The van der Waals surface area contributed by atoms with Gasteiger partial charge in [0.25, 0.3) is 0 Å². The van der Waals surface area contributed by atoms with Crippen molar-refractivity contribution in [2.45, 2.75) is 51.9 Å². The van der Waals surface area contributed by atoms with Crippen LogP contribution in [0, 0.1) is 0 Å². The second-order valence-corrected chi connectivity index (χ2v) is 11.2. The summed E-state index contributed by atoms with van der Waals surface area (Å²) in [5.74, 6) is 0.259. The Bertz CT molecular complexity index is 1240. The van der Waals surface area contributed by atoms with Gasteiger partial charge in [-0.05, 0) is 64.6 Å². The minimum atomic E-state index is 0.113. The second-order valence-electron chi connectivity index (χ2n) is 11.2. The number of hydrogen-bond acceptors (Lipinski definition) is 2. The molecule has 0 saturated carbocycles. The van der Waals surface area contributed by atoms with Gasteiger partial charge < -0.3 is 4.90 Å². The summed E-state index contributed by atoms with van der Waals surface area (Å²) in [6, 6.07) is 25.8. The number of ketones is 1. The van der Waals surface area contributed by atoms with Crippen molar-refractivity contribution in [3.05, 3.63) is 112 Å². The van der Waals surface area contributed by atoms with Crippen LogP contribution in [0.4, 0.5) is 0 Å². The molecule has 1 aliphatic carbocycles. The van der Waals surface area contributed by atoms with E-state index < -0.39 is 0 Å². The van der Waals surface area contributed by atoms with E-state index in [4.69, 9.17) is 0 Å². The minimum Gasteiger partial charge on any atom is -0.303 e. The third-order valence-electron chi connectivity index (χ3n) is 7.67. The molecule has 0 unspecified atom stereocenters. The van der Waals surface area contributed by atoms with Crippen molar-refractivity contribution >= 4 is 23.5 Å². The Kier molecular flexibility index (Phi) is 7.07. The van der Waals surface area contributed by atoms with Gasteiger partial charge in [-0.2, -0.15) is 0 Å². The van der Waals surface area contributed by atoms with E-state index in [0.29, 0.717) is 6.42 Å². The molecule has 3 aromatic rings. The third kappa shape index (κ3) is 5.29. The zero-order chi connectivity index (χ0) is 25.1. The highest BCUT2D eigenvalue weighted by atomic mass is 16.1. The van der Waals surface area contributed by atoms with Gasteiger partial charge in [0.1, 0.15) is 0 Å². The summed E-state index contributed by atoms with van der Waals surface area (Å²) in [7, 11) is 0. The molecule has 0 amide bonds. The van der Waals surface area contributed by atoms with E-state index in [1.54, 1.807) is 5.57 Å². The highest BCUT2D eigenvalue weighted by Crippen LogP contribution is 2.38. The van der Waals surface area contributed by atoms with Crippen LogP contribution in [-0.4, -0.2) is 30.3 Å². The Labute approximate surface area is 216 Å². The van der Waals surface area contributed by atoms with Gasteiger partial charge in [0.2, 0.25) is 0 Å². The van der Waals surface area contributed by atoms with Crippen LogP contribution in [0.1, 0.15) is 84.6 Å². The van der Waals surface area contributed by atoms with Crippen LogP contribution >= 0.6 is 0 Å². The average Bonchev–Trinajstić information content (AvgIpc) is 3.06. The minimum absolute atomic E-state index is 0.113. The SMILES string of the molecule is CC(C)(C)c1ccc(C(=O)CCCN2CCC(=C3c4ccccc4C=Cc4ccccc43)CC2)cc1. The predicted molar refractivity (Wildman–Crippen MR) is 152 cm³/mol. The monoisotopic (exact) mass is 475 g/mol. The number of piperidine rings is 1. The number of likely N-dealkylation sites (tertiary alicyclic amines) is 1. The van der Waals surface area contributed by atoms with E-state index in [-0.39, 0.29) is 11.2 Å². The summed E-state index contributed by atoms with van der Waals surface area (Å²) >= 11 is 0. The molecule has 0 radical (unpaired) electrons. The van der Waals surface area contributed by atoms with Crippen molar-refractivity contribution in [1.82, 2.24) is 4.90 Å². The van der Waals surface area contributed by atoms with Crippen LogP contribution in [0.3, 0.4) is 0 Å². The molecule has 0 bridgehead atoms. The highest BCUT2D eigenvalue weighted by Gasteiger charge is 2.22. The Morgan fingerprint density at radius 3 is 1.89 bits per heavy atom. The Morgan fingerprint density at radius 2 is 1.33 bits per heavy atom. The Balaban J connectivity index is 1.22. The molecule has 0 aromatic heterocycles. The maximum absolute atomic E-state index is 12.7. The fourth-order valence-corrected chi connectivity index (χ4v) is 5.51. The van der Waals surface area contributed by atoms with Crippen molar-refractivity contribution < 1.29 is 4.79 Å². The van der Waals surface area contributed by atoms with Gasteiger partial charge in [-0.1, -0.05) is 111 Å². The molecule has 0 N–H and O–H groups in total. The Hall–Kier alpha value is -3.23. The zero-order valence-electron chi connectivity index (χ0n) is 21.9. The van der Waals surface area contributed by atoms with E-state index in [1.165, 1.54) is 33.4 Å². The molecule has 5 rings (SSSR count). The average molecular weight is 476 g/mol. The van der Waals surface area contributed by atoms with Crippen molar-refractivity contribution in [3.8, 4) is 0 Å². The maximum Gasteiger partial charge on any atom is 0.162 e. The first-order valence-corrected chi connectivity index (χ1v) is 13.4. The molecule has 1 saturated heterocycles. The van der Waals surface area contributed by atoms with Crippen LogP contribution in [0.15, 0.2) is 78.4 Å². The number of rotatable bonds is 5. The highest BCUT2D eigenvalue weighted by molar-refractivity contribution is 5.96. The van der Waals surface area contributed by atoms with Crippen molar-refractivity contribution in [2.24, 2.45) is 0 Å². The predicted octanol–water partition coefficient (Wildman–Crippen LogP) is 8.03. The molecule has 0 spiro atoms. The van der Waals surface area contributed by atoms with Gasteiger partial charge in [0, 0.05) is 25.1 Å². The summed E-state index contributed by atoms with van der Waals surface area (Å²) in [6.45, 7) is 9.72. The van der Waals surface area contributed by atoms with Gasteiger partial charge in [-0.3, -0.25) is 4.79 Å². The van der Waals surface area contributed by atoms with E-state index in [0.717, 1.165) is 44.5 Å². The number of carbonyl (C=O) groups excluding carboxylic acids is 1. The standard InChI is InChI=1S/C34H37NO/c1-34(2,3)29-18-16-27(17-19-29)32(36)13-8-22-35-23-20-28(21-24-35)33-30-11-6-4-9-25(30)14-15-26-10-5-7-12-31(26)33/h4-7,9-12,14-19H,8,13,20-24H2,1-3H3. The van der Waals surface area contributed by atoms with Crippen LogP contribution in [0.25, 0.3) is 17.7 Å². The largest absolute Gasteiger partial charge is 0.303 e. The number of nitrogens with zero attached hydrogens (tertiary/aromatic N) is 1. The fourth-order valence-electron chi connectivity index (χ4n) is 5.51. The molecule has 2 aliphatic rings. The molecular formula is C34H37NO. The van der Waals surface area contributed by atoms with Crippen molar-refractivity contribution in [2.75, 3.05) is 19.6 Å². The van der Waals surface area contributed by atoms with Crippen molar-refractivity contribution in [3.63, 3.8) is 0 Å². The van der Waals surface area contributed by atoms with Gasteiger partial charge in [0.15, 0.2) is 5.78 Å². The molecule has 1 heterocycles. The van der Waals surface area contributed by atoms with E-state index >= 15 is 0 Å². The normalized spacial score (nSPS) is 15.9. The lowest BCUT2D eigenvalue weighted by atomic mass is 9.86. The molecule has 2 heteroatoms. The van der Waals surface area contributed by atoms with E-state index in [2.05, 4.69) is 98.5 Å². The van der Waals surface area contributed by atoms with Crippen LogP contribution < -0.4 is 0 Å². The van der Waals surface area contributed by atoms with Gasteiger partial charge in [-0.25, -0.2) is 0 Å². The van der Waals surface area contributed by atoms with E-state index in [9.17, 15) is 4.79 Å². The first-order valence-electron chi connectivity index (χ1n) is 13.4. The lowest BCUT2D eigenvalue weighted by Crippen LogP contribution is -2.32.